The summed E-state index contributed by atoms with van der Waals surface area (Å²) in [4.78, 5) is 7.13. The minimum absolute atomic E-state index is 0.197. The van der Waals surface area contributed by atoms with Gasteiger partial charge in [-0.2, -0.15) is 4.31 Å². The second-order valence-electron chi connectivity index (χ2n) is 4.20. The number of aromatic nitrogens is 2. The van der Waals surface area contributed by atoms with Crippen LogP contribution in [0.5, 0.6) is 5.75 Å². The van der Waals surface area contributed by atoms with Crippen molar-refractivity contribution in [3.05, 3.63) is 42.5 Å². The largest absolute Gasteiger partial charge is 0.494 e. The average molecular weight is 295 g/mol. The van der Waals surface area contributed by atoms with Gasteiger partial charge in [0, 0.05) is 19.4 Å². The molecule has 0 fully saturated rings. The van der Waals surface area contributed by atoms with Crippen LogP contribution in [0.2, 0.25) is 0 Å². The molecule has 0 aliphatic heterocycles. The zero-order valence-corrected chi connectivity index (χ0v) is 12.2. The lowest BCUT2D eigenvalue weighted by atomic mass is 10.3. The molecule has 0 aliphatic carbocycles. The second kappa shape index (κ2) is 6.06. The summed E-state index contributed by atoms with van der Waals surface area (Å²) in [7, 11) is -2.01. The molecule has 2 aromatic rings. The average Bonchev–Trinajstić information content (AvgIpc) is 2.92. The fraction of sp³-hybridized carbons (Fsp3) is 0.308. The molecule has 0 radical (unpaired) electrons. The Morgan fingerprint density at radius 2 is 2.00 bits per heavy atom. The van der Waals surface area contributed by atoms with Crippen molar-refractivity contribution in [3.63, 3.8) is 0 Å². The van der Waals surface area contributed by atoms with Gasteiger partial charge < -0.3 is 9.72 Å². The van der Waals surface area contributed by atoms with Crippen LogP contribution in [0.15, 0.2) is 41.6 Å². The van der Waals surface area contributed by atoms with E-state index in [2.05, 4.69) is 9.97 Å². The summed E-state index contributed by atoms with van der Waals surface area (Å²) in [5.74, 6) is 1.25. The molecule has 6 nitrogen and oxygen atoms in total. The molecule has 0 atom stereocenters. The van der Waals surface area contributed by atoms with Crippen LogP contribution in [-0.4, -0.2) is 36.3 Å². The van der Waals surface area contributed by atoms with Crippen molar-refractivity contribution in [1.82, 2.24) is 14.3 Å². The van der Waals surface area contributed by atoms with Gasteiger partial charge in [0.25, 0.3) is 0 Å². The number of hydrogen-bond donors (Lipinski definition) is 1. The van der Waals surface area contributed by atoms with Crippen molar-refractivity contribution in [2.24, 2.45) is 0 Å². The monoisotopic (exact) mass is 295 g/mol. The van der Waals surface area contributed by atoms with Crippen LogP contribution < -0.4 is 4.74 Å². The van der Waals surface area contributed by atoms with Gasteiger partial charge in [-0.25, -0.2) is 13.4 Å². The molecule has 0 saturated heterocycles. The highest BCUT2D eigenvalue weighted by atomic mass is 32.2. The molecule has 1 aromatic carbocycles. The molecule has 2 rings (SSSR count). The van der Waals surface area contributed by atoms with E-state index in [4.69, 9.17) is 4.74 Å². The molecular weight excluding hydrogens is 278 g/mol. The number of nitrogens with one attached hydrogen (secondary N) is 1. The Hall–Kier alpha value is -1.86. The van der Waals surface area contributed by atoms with Crippen molar-refractivity contribution in [1.29, 1.82) is 0 Å². The van der Waals surface area contributed by atoms with Crippen molar-refractivity contribution >= 4 is 10.0 Å². The summed E-state index contributed by atoms with van der Waals surface area (Å²) in [6, 6.07) is 6.38. The van der Waals surface area contributed by atoms with Crippen LogP contribution in [0, 0.1) is 0 Å². The molecule has 0 unspecified atom stereocenters. The van der Waals surface area contributed by atoms with Gasteiger partial charge in [0.2, 0.25) is 10.0 Å². The van der Waals surface area contributed by atoms with Gasteiger partial charge in [-0.1, -0.05) is 0 Å². The first-order valence-electron chi connectivity index (χ1n) is 6.21. The lowest BCUT2D eigenvalue weighted by molar-refractivity contribution is 0.340. The second-order valence-corrected chi connectivity index (χ2v) is 6.25. The highest BCUT2D eigenvalue weighted by Gasteiger charge is 2.21. The normalized spacial score (nSPS) is 11.8. The quantitative estimate of drug-likeness (QED) is 0.879. The minimum Gasteiger partial charge on any atom is -0.494 e. The standard InChI is InChI=1S/C13H17N3O3S/c1-3-19-11-4-6-12(7-5-11)20(17,18)16(2)10-13-14-8-9-15-13/h4-9H,3,10H2,1-2H3,(H,14,15). The van der Waals surface area contributed by atoms with E-state index in [-0.39, 0.29) is 11.4 Å². The fourth-order valence-electron chi connectivity index (χ4n) is 1.73. The number of aromatic amines is 1. The van der Waals surface area contributed by atoms with E-state index in [1.165, 1.54) is 11.4 Å². The van der Waals surface area contributed by atoms with E-state index in [1.807, 2.05) is 6.92 Å². The number of nitrogens with zero attached hydrogens (tertiary/aromatic N) is 2. The molecule has 0 aliphatic rings. The van der Waals surface area contributed by atoms with Crippen molar-refractivity contribution in [2.75, 3.05) is 13.7 Å². The number of rotatable bonds is 6. The summed E-state index contributed by atoms with van der Waals surface area (Å²) in [6.07, 6.45) is 3.25. The Bertz CT molecular complexity index is 636. The van der Waals surface area contributed by atoms with E-state index in [1.54, 1.807) is 36.7 Å². The number of H-pyrrole nitrogens is 1. The Morgan fingerprint density at radius 1 is 1.30 bits per heavy atom. The zero-order chi connectivity index (χ0) is 14.6. The first kappa shape index (κ1) is 14.5. The van der Waals surface area contributed by atoms with Gasteiger partial charge >= 0.3 is 0 Å². The topological polar surface area (TPSA) is 75.3 Å². The van der Waals surface area contributed by atoms with E-state index in [0.717, 1.165) is 0 Å². The van der Waals surface area contributed by atoms with E-state index < -0.39 is 10.0 Å². The van der Waals surface area contributed by atoms with E-state index in [0.29, 0.717) is 18.2 Å². The van der Waals surface area contributed by atoms with Crippen LogP contribution in [0.1, 0.15) is 12.7 Å². The molecule has 0 bridgehead atoms. The van der Waals surface area contributed by atoms with Crippen molar-refractivity contribution in [3.8, 4) is 5.75 Å². The van der Waals surface area contributed by atoms with Crippen LogP contribution in [-0.2, 0) is 16.6 Å². The third-order valence-corrected chi connectivity index (χ3v) is 4.59. The SMILES string of the molecule is CCOc1ccc(S(=O)(=O)N(C)Cc2ncc[nH]2)cc1. The maximum absolute atomic E-state index is 12.4. The molecule has 0 amide bonds. The Labute approximate surface area is 118 Å². The molecular formula is C13H17N3O3S. The number of hydrogen-bond acceptors (Lipinski definition) is 4. The summed E-state index contributed by atoms with van der Waals surface area (Å²) in [6.45, 7) is 2.62. The minimum atomic E-state index is -3.53. The van der Waals surface area contributed by atoms with Crippen LogP contribution >= 0.6 is 0 Å². The highest BCUT2D eigenvalue weighted by molar-refractivity contribution is 7.89. The van der Waals surface area contributed by atoms with Gasteiger partial charge in [-0.3, -0.25) is 0 Å². The summed E-state index contributed by atoms with van der Waals surface area (Å²) in [5.41, 5.74) is 0. The van der Waals surface area contributed by atoms with Crippen molar-refractivity contribution < 1.29 is 13.2 Å². The van der Waals surface area contributed by atoms with Gasteiger partial charge in [-0.05, 0) is 31.2 Å². The number of imidazole rings is 1. The smallest absolute Gasteiger partial charge is 0.243 e. The summed E-state index contributed by atoms with van der Waals surface area (Å²) < 4.78 is 31.3. The number of ether oxygens (including phenoxy) is 1. The predicted octanol–water partition coefficient (Wildman–Crippen LogP) is 1.63. The molecule has 0 spiro atoms. The maximum Gasteiger partial charge on any atom is 0.243 e. The molecule has 1 aromatic heterocycles. The summed E-state index contributed by atoms with van der Waals surface area (Å²) >= 11 is 0. The first-order chi connectivity index (χ1) is 9.54. The van der Waals surface area contributed by atoms with Crippen molar-refractivity contribution in [2.45, 2.75) is 18.4 Å². The predicted molar refractivity (Wildman–Crippen MR) is 74.9 cm³/mol. The number of benzene rings is 1. The number of sulfonamides is 1. The summed E-state index contributed by atoms with van der Waals surface area (Å²) in [5, 5.41) is 0. The van der Waals surface area contributed by atoms with Crippen LogP contribution in [0.4, 0.5) is 0 Å². The first-order valence-corrected chi connectivity index (χ1v) is 7.65. The molecule has 1 heterocycles. The molecule has 108 valence electrons. The van der Waals surface area contributed by atoms with Gasteiger partial charge in [0.1, 0.15) is 11.6 Å². The van der Waals surface area contributed by atoms with Gasteiger partial charge in [0.15, 0.2) is 0 Å². The Morgan fingerprint density at radius 3 is 2.55 bits per heavy atom. The third kappa shape index (κ3) is 3.17. The Balaban J connectivity index is 2.16. The maximum atomic E-state index is 12.4. The lowest BCUT2D eigenvalue weighted by Crippen LogP contribution is -2.27. The Kier molecular flexibility index (Phi) is 4.41. The highest BCUT2D eigenvalue weighted by Crippen LogP contribution is 2.19. The molecule has 7 heteroatoms. The third-order valence-electron chi connectivity index (χ3n) is 2.77. The van der Waals surface area contributed by atoms with E-state index >= 15 is 0 Å². The molecule has 20 heavy (non-hydrogen) atoms. The van der Waals surface area contributed by atoms with Gasteiger partial charge in [-0.15, -0.1) is 0 Å². The fourth-order valence-corrected chi connectivity index (χ4v) is 2.87. The van der Waals surface area contributed by atoms with Crippen LogP contribution in [0.25, 0.3) is 0 Å². The molecule has 0 saturated carbocycles. The van der Waals surface area contributed by atoms with E-state index in [9.17, 15) is 8.42 Å². The zero-order valence-electron chi connectivity index (χ0n) is 11.4. The lowest BCUT2D eigenvalue weighted by Gasteiger charge is -2.16. The van der Waals surface area contributed by atoms with Crippen LogP contribution in [0.3, 0.4) is 0 Å². The van der Waals surface area contributed by atoms with Gasteiger partial charge in [0.05, 0.1) is 18.0 Å². The molecule has 1 N–H and O–H groups in total.